The first-order chi connectivity index (χ1) is 10.1. The summed E-state index contributed by atoms with van der Waals surface area (Å²) in [7, 11) is 0. The Morgan fingerprint density at radius 1 is 1.19 bits per heavy atom. The van der Waals surface area contributed by atoms with Crippen LogP contribution >= 0.6 is 15.9 Å². The molecule has 0 bridgehead atoms. The van der Waals surface area contributed by atoms with E-state index in [-0.39, 0.29) is 0 Å². The number of halogens is 1. The molecule has 3 nitrogen and oxygen atoms in total. The van der Waals surface area contributed by atoms with Crippen LogP contribution < -0.4 is 0 Å². The van der Waals surface area contributed by atoms with Gasteiger partial charge >= 0.3 is 5.97 Å². The van der Waals surface area contributed by atoms with Crippen LogP contribution in [-0.4, -0.2) is 29.1 Å². The number of hydrogen-bond donors (Lipinski definition) is 1. The van der Waals surface area contributed by atoms with Crippen LogP contribution in [0.25, 0.3) is 0 Å². The second kappa shape index (κ2) is 6.09. The number of rotatable bonds is 4. The van der Waals surface area contributed by atoms with Crippen molar-refractivity contribution in [1.29, 1.82) is 0 Å². The van der Waals surface area contributed by atoms with Gasteiger partial charge in [-0.15, -0.1) is 0 Å². The maximum Gasteiger partial charge on any atom is 0.314 e. The zero-order chi connectivity index (χ0) is 14.9. The topological polar surface area (TPSA) is 40.5 Å². The SMILES string of the molecule is O=C(O)C1(c2ccc(CN3CCCC3)c(Br)c2)CCCC1. The Labute approximate surface area is 134 Å². The molecule has 1 saturated carbocycles. The van der Waals surface area contributed by atoms with Gasteiger partial charge in [0.15, 0.2) is 0 Å². The van der Waals surface area contributed by atoms with Gasteiger partial charge in [-0.3, -0.25) is 9.69 Å². The molecule has 2 aliphatic rings. The largest absolute Gasteiger partial charge is 0.481 e. The highest BCUT2D eigenvalue weighted by atomic mass is 79.9. The van der Waals surface area contributed by atoms with Gasteiger partial charge in [0.2, 0.25) is 0 Å². The fourth-order valence-electron chi connectivity index (χ4n) is 3.76. The van der Waals surface area contributed by atoms with E-state index in [1.807, 2.05) is 12.1 Å². The predicted octanol–water partition coefficient (Wildman–Crippen LogP) is 3.94. The van der Waals surface area contributed by atoms with E-state index in [9.17, 15) is 9.90 Å². The summed E-state index contributed by atoms with van der Waals surface area (Å²) in [5.74, 6) is -0.667. The lowest BCUT2D eigenvalue weighted by molar-refractivity contribution is -0.143. The minimum atomic E-state index is -0.667. The summed E-state index contributed by atoms with van der Waals surface area (Å²) < 4.78 is 1.06. The van der Waals surface area contributed by atoms with E-state index in [1.165, 1.54) is 31.5 Å². The van der Waals surface area contributed by atoms with Crippen LogP contribution in [0.5, 0.6) is 0 Å². The van der Waals surface area contributed by atoms with Gasteiger partial charge in [-0.05, 0) is 56.0 Å². The molecule has 1 aromatic rings. The van der Waals surface area contributed by atoms with Crippen molar-refractivity contribution in [3.05, 3.63) is 33.8 Å². The lowest BCUT2D eigenvalue weighted by Gasteiger charge is -2.25. The molecule has 1 N–H and O–H groups in total. The summed E-state index contributed by atoms with van der Waals surface area (Å²) in [6, 6.07) is 6.20. The molecule has 1 aliphatic carbocycles. The number of aliphatic carboxylic acids is 1. The van der Waals surface area contributed by atoms with Crippen molar-refractivity contribution >= 4 is 21.9 Å². The van der Waals surface area contributed by atoms with Crippen LogP contribution in [0.3, 0.4) is 0 Å². The number of carbonyl (C=O) groups is 1. The Morgan fingerprint density at radius 2 is 1.86 bits per heavy atom. The zero-order valence-corrected chi connectivity index (χ0v) is 13.9. The number of carboxylic acid groups (broad SMARTS) is 1. The number of nitrogens with zero attached hydrogens (tertiary/aromatic N) is 1. The van der Waals surface area contributed by atoms with E-state index in [4.69, 9.17) is 0 Å². The minimum Gasteiger partial charge on any atom is -0.481 e. The first-order valence-corrected chi connectivity index (χ1v) is 8.66. The second-order valence-electron chi connectivity index (χ2n) is 6.38. The van der Waals surface area contributed by atoms with E-state index in [0.29, 0.717) is 0 Å². The van der Waals surface area contributed by atoms with Gasteiger partial charge < -0.3 is 5.11 Å². The fraction of sp³-hybridized carbons (Fsp3) is 0.588. The van der Waals surface area contributed by atoms with E-state index in [2.05, 4.69) is 26.9 Å². The first kappa shape index (κ1) is 15.0. The molecule has 114 valence electrons. The lowest BCUT2D eigenvalue weighted by Crippen LogP contribution is -2.32. The quantitative estimate of drug-likeness (QED) is 0.892. The molecule has 3 rings (SSSR count). The van der Waals surface area contributed by atoms with Gasteiger partial charge in [0.25, 0.3) is 0 Å². The Kier molecular flexibility index (Phi) is 4.36. The molecule has 0 radical (unpaired) electrons. The first-order valence-electron chi connectivity index (χ1n) is 7.86. The standard InChI is InChI=1S/C17H22BrNO2/c18-15-11-14(17(16(20)21)7-1-2-8-17)6-5-13(15)12-19-9-3-4-10-19/h5-6,11H,1-4,7-10,12H2,(H,20,21). The molecule has 0 spiro atoms. The van der Waals surface area contributed by atoms with Gasteiger partial charge in [-0.1, -0.05) is 40.9 Å². The molecule has 1 aromatic carbocycles. The molecular weight excluding hydrogens is 330 g/mol. The molecule has 0 aromatic heterocycles. The highest BCUT2D eigenvalue weighted by Crippen LogP contribution is 2.42. The molecule has 21 heavy (non-hydrogen) atoms. The fourth-order valence-corrected chi connectivity index (χ4v) is 4.26. The molecule has 4 heteroatoms. The Balaban J connectivity index is 1.84. The molecular formula is C17H22BrNO2. The van der Waals surface area contributed by atoms with Crippen molar-refractivity contribution in [2.45, 2.75) is 50.5 Å². The number of hydrogen-bond acceptors (Lipinski definition) is 2. The van der Waals surface area contributed by atoms with Gasteiger partial charge in [0.1, 0.15) is 0 Å². The molecule has 0 amide bonds. The Bertz CT molecular complexity index is 532. The zero-order valence-electron chi connectivity index (χ0n) is 12.3. The minimum absolute atomic E-state index is 0.658. The van der Waals surface area contributed by atoms with E-state index < -0.39 is 11.4 Å². The normalized spacial score (nSPS) is 21.8. The van der Waals surface area contributed by atoms with Gasteiger partial charge in [0.05, 0.1) is 5.41 Å². The van der Waals surface area contributed by atoms with Crippen LogP contribution in [0.1, 0.15) is 49.7 Å². The lowest BCUT2D eigenvalue weighted by atomic mass is 9.79. The van der Waals surface area contributed by atoms with E-state index >= 15 is 0 Å². The van der Waals surface area contributed by atoms with Crippen LogP contribution in [0, 0.1) is 0 Å². The van der Waals surface area contributed by atoms with Gasteiger partial charge in [-0.25, -0.2) is 0 Å². The predicted molar refractivity (Wildman–Crippen MR) is 86.4 cm³/mol. The van der Waals surface area contributed by atoms with Crippen LogP contribution in [0.15, 0.2) is 22.7 Å². The highest BCUT2D eigenvalue weighted by molar-refractivity contribution is 9.10. The van der Waals surface area contributed by atoms with Crippen molar-refractivity contribution in [2.75, 3.05) is 13.1 Å². The maximum atomic E-state index is 11.8. The summed E-state index contributed by atoms with van der Waals surface area (Å²) in [6.45, 7) is 3.31. The monoisotopic (exact) mass is 351 g/mol. The third-order valence-corrected chi connectivity index (χ3v) is 5.80. The van der Waals surface area contributed by atoms with Crippen molar-refractivity contribution < 1.29 is 9.90 Å². The average molecular weight is 352 g/mol. The number of carboxylic acids is 1. The van der Waals surface area contributed by atoms with Crippen LogP contribution in [-0.2, 0) is 16.8 Å². The molecule has 1 aliphatic heterocycles. The summed E-state index contributed by atoms with van der Waals surface area (Å²) in [4.78, 5) is 14.2. The number of benzene rings is 1. The summed E-state index contributed by atoms with van der Waals surface area (Å²) >= 11 is 3.66. The Morgan fingerprint density at radius 3 is 2.43 bits per heavy atom. The summed E-state index contributed by atoms with van der Waals surface area (Å²) in [5.41, 5.74) is 1.57. The van der Waals surface area contributed by atoms with Gasteiger partial charge in [0, 0.05) is 11.0 Å². The third kappa shape index (κ3) is 2.88. The summed E-state index contributed by atoms with van der Waals surface area (Å²) in [5, 5.41) is 9.68. The van der Waals surface area contributed by atoms with Crippen molar-refractivity contribution in [3.8, 4) is 0 Å². The third-order valence-electron chi connectivity index (χ3n) is 5.06. The highest BCUT2D eigenvalue weighted by Gasteiger charge is 2.43. The van der Waals surface area contributed by atoms with E-state index in [1.54, 1.807) is 0 Å². The molecule has 1 heterocycles. The molecule has 0 unspecified atom stereocenters. The average Bonchev–Trinajstić information content (AvgIpc) is 3.12. The van der Waals surface area contributed by atoms with Crippen LogP contribution in [0.4, 0.5) is 0 Å². The second-order valence-corrected chi connectivity index (χ2v) is 7.24. The van der Waals surface area contributed by atoms with Gasteiger partial charge in [-0.2, -0.15) is 0 Å². The summed E-state index contributed by atoms with van der Waals surface area (Å²) in [6.07, 6.45) is 6.13. The maximum absolute atomic E-state index is 11.8. The Hall–Kier alpha value is -0.870. The number of likely N-dealkylation sites (tertiary alicyclic amines) is 1. The molecule has 1 saturated heterocycles. The smallest absolute Gasteiger partial charge is 0.314 e. The van der Waals surface area contributed by atoms with Crippen molar-refractivity contribution in [2.24, 2.45) is 0 Å². The van der Waals surface area contributed by atoms with Crippen molar-refractivity contribution in [1.82, 2.24) is 4.90 Å². The molecule has 2 fully saturated rings. The van der Waals surface area contributed by atoms with Crippen molar-refractivity contribution in [3.63, 3.8) is 0 Å². The van der Waals surface area contributed by atoms with E-state index in [0.717, 1.165) is 42.3 Å². The van der Waals surface area contributed by atoms with Crippen LogP contribution in [0.2, 0.25) is 0 Å². The molecule has 0 atom stereocenters.